The van der Waals surface area contributed by atoms with Crippen LogP contribution >= 0.6 is 35.8 Å². The summed E-state index contributed by atoms with van der Waals surface area (Å²) in [6.45, 7) is 0.477. The van der Waals surface area contributed by atoms with Crippen molar-refractivity contribution >= 4 is 46.9 Å². The Kier molecular flexibility index (Phi) is 4.29. The molecule has 1 heterocycles. The molecule has 3 rings (SSSR count). The zero-order valence-electron chi connectivity index (χ0n) is 11.0. The molecule has 0 aliphatic rings. The molecule has 0 radical (unpaired) electrons. The minimum absolute atomic E-state index is 0.477. The van der Waals surface area contributed by atoms with Crippen molar-refractivity contribution in [1.29, 1.82) is 0 Å². The summed E-state index contributed by atoms with van der Waals surface area (Å²) in [5, 5.41) is 1.78. The standard InChI is InChI=1S/C15H12Cl2N2OS/c16-11-7-10(8-12(17)9-11)5-6-20-19-14-4-2-1-3-13(14)18-15(19)21/h1-4,7-9H,5-6H2,(H,18,21). The number of fused-ring (bicyclic) bond motifs is 1. The van der Waals surface area contributed by atoms with E-state index in [0.717, 1.165) is 16.6 Å². The predicted molar refractivity (Wildman–Crippen MR) is 88.6 cm³/mol. The highest BCUT2D eigenvalue weighted by atomic mass is 35.5. The summed E-state index contributed by atoms with van der Waals surface area (Å²) in [6, 6.07) is 13.2. The van der Waals surface area contributed by atoms with E-state index in [1.165, 1.54) is 0 Å². The van der Waals surface area contributed by atoms with E-state index in [-0.39, 0.29) is 0 Å². The summed E-state index contributed by atoms with van der Waals surface area (Å²) in [5.41, 5.74) is 2.78. The predicted octanol–water partition coefficient (Wildman–Crippen LogP) is 4.30. The van der Waals surface area contributed by atoms with Gasteiger partial charge in [0.15, 0.2) is 0 Å². The van der Waals surface area contributed by atoms with Crippen LogP contribution in [0.25, 0.3) is 11.0 Å². The van der Waals surface area contributed by atoms with E-state index in [2.05, 4.69) is 17.6 Å². The number of benzene rings is 2. The van der Waals surface area contributed by atoms with E-state index in [0.29, 0.717) is 28.2 Å². The first-order valence-electron chi connectivity index (χ1n) is 6.38. The van der Waals surface area contributed by atoms with Crippen molar-refractivity contribution in [3.63, 3.8) is 0 Å². The molecular weight excluding hydrogens is 327 g/mol. The molecule has 3 nitrogen and oxygen atoms in total. The van der Waals surface area contributed by atoms with Gasteiger partial charge in [-0.25, -0.2) is 4.98 Å². The highest BCUT2D eigenvalue weighted by Crippen LogP contribution is 2.20. The van der Waals surface area contributed by atoms with Crippen molar-refractivity contribution in [2.24, 2.45) is 0 Å². The molecule has 21 heavy (non-hydrogen) atoms. The normalized spacial score (nSPS) is 11.0. The molecule has 0 spiro atoms. The molecule has 0 unspecified atom stereocenters. The first-order valence-corrected chi connectivity index (χ1v) is 7.58. The van der Waals surface area contributed by atoms with Crippen LogP contribution in [0.1, 0.15) is 5.56 Å². The Morgan fingerprint density at radius 2 is 1.81 bits per heavy atom. The van der Waals surface area contributed by atoms with Crippen molar-refractivity contribution in [3.8, 4) is 0 Å². The maximum atomic E-state index is 5.98. The summed E-state index contributed by atoms with van der Waals surface area (Å²) < 4.78 is 1.63. The number of para-hydroxylation sites is 2. The van der Waals surface area contributed by atoms with E-state index < -0.39 is 0 Å². The minimum atomic E-state index is 0.477. The second-order valence-electron chi connectivity index (χ2n) is 4.56. The van der Waals surface area contributed by atoms with Gasteiger partial charge in [-0.05, 0) is 35.9 Å². The van der Waals surface area contributed by atoms with Gasteiger partial charge in [-0.3, -0.25) is 0 Å². The zero-order valence-corrected chi connectivity index (χ0v) is 13.4. The van der Waals surface area contributed by atoms with Crippen LogP contribution < -0.4 is 4.84 Å². The molecule has 0 N–H and O–H groups in total. The van der Waals surface area contributed by atoms with Gasteiger partial charge in [-0.2, -0.15) is 4.73 Å². The Hall–Kier alpha value is -1.36. The quantitative estimate of drug-likeness (QED) is 0.718. The van der Waals surface area contributed by atoms with Crippen molar-refractivity contribution < 1.29 is 4.84 Å². The molecule has 0 amide bonds. The number of imidazole rings is 1. The van der Waals surface area contributed by atoms with Gasteiger partial charge in [-0.1, -0.05) is 35.3 Å². The molecule has 0 fully saturated rings. The number of rotatable bonds is 4. The third-order valence-electron chi connectivity index (χ3n) is 3.04. The molecule has 2 aromatic carbocycles. The number of thiol groups is 1. The third-order valence-corrected chi connectivity index (χ3v) is 3.75. The number of nitrogens with zero attached hydrogens (tertiary/aromatic N) is 2. The lowest BCUT2D eigenvalue weighted by molar-refractivity contribution is 0.103. The molecular formula is C15H12Cl2N2OS. The summed E-state index contributed by atoms with van der Waals surface area (Å²) >= 11 is 16.3. The number of halogens is 2. The van der Waals surface area contributed by atoms with E-state index in [1.807, 2.05) is 36.4 Å². The van der Waals surface area contributed by atoms with Crippen LogP contribution in [0, 0.1) is 0 Å². The molecule has 0 saturated carbocycles. The average Bonchev–Trinajstić information content (AvgIpc) is 2.74. The monoisotopic (exact) mass is 338 g/mol. The third kappa shape index (κ3) is 3.28. The largest absolute Gasteiger partial charge is 0.411 e. The Balaban J connectivity index is 1.73. The maximum Gasteiger partial charge on any atom is 0.200 e. The summed E-state index contributed by atoms with van der Waals surface area (Å²) in [6.07, 6.45) is 0.694. The fourth-order valence-electron chi connectivity index (χ4n) is 2.13. The van der Waals surface area contributed by atoms with Gasteiger partial charge in [0.1, 0.15) is 12.1 Å². The molecule has 1 aromatic heterocycles. The van der Waals surface area contributed by atoms with E-state index in [9.17, 15) is 0 Å². The SMILES string of the molecule is Sc1nc2ccccc2n1OCCc1cc(Cl)cc(Cl)c1. The van der Waals surface area contributed by atoms with Crippen molar-refractivity contribution in [2.75, 3.05) is 6.61 Å². The zero-order chi connectivity index (χ0) is 14.8. The highest BCUT2D eigenvalue weighted by molar-refractivity contribution is 7.80. The smallest absolute Gasteiger partial charge is 0.200 e. The molecule has 108 valence electrons. The second-order valence-corrected chi connectivity index (χ2v) is 5.83. The minimum Gasteiger partial charge on any atom is -0.411 e. The van der Waals surface area contributed by atoms with Gasteiger partial charge in [0.25, 0.3) is 0 Å². The lowest BCUT2D eigenvalue weighted by atomic mass is 10.2. The fourth-order valence-corrected chi connectivity index (χ4v) is 2.97. The van der Waals surface area contributed by atoms with Gasteiger partial charge in [-0.15, -0.1) is 12.6 Å². The molecule has 0 bridgehead atoms. The first kappa shape index (κ1) is 14.6. The van der Waals surface area contributed by atoms with Gasteiger partial charge < -0.3 is 4.84 Å². The molecule has 0 aliphatic heterocycles. The van der Waals surface area contributed by atoms with Crippen molar-refractivity contribution in [3.05, 3.63) is 58.1 Å². The Bertz CT molecular complexity index is 768. The number of aromatic nitrogens is 2. The molecule has 6 heteroatoms. The molecule has 3 aromatic rings. The summed E-state index contributed by atoms with van der Waals surface area (Å²) in [4.78, 5) is 10.1. The van der Waals surface area contributed by atoms with E-state index >= 15 is 0 Å². The van der Waals surface area contributed by atoms with Crippen LogP contribution in [-0.2, 0) is 6.42 Å². The second kappa shape index (κ2) is 6.18. The Morgan fingerprint density at radius 1 is 1.10 bits per heavy atom. The number of hydrogen-bond acceptors (Lipinski definition) is 3. The van der Waals surface area contributed by atoms with Gasteiger partial charge in [0.2, 0.25) is 5.16 Å². The first-order chi connectivity index (χ1) is 10.1. The topological polar surface area (TPSA) is 27.1 Å². The average molecular weight is 339 g/mol. The van der Waals surface area contributed by atoms with Crippen molar-refractivity contribution in [2.45, 2.75) is 11.6 Å². The lowest BCUT2D eigenvalue weighted by Crippen LogP contribution is -2.14. The van der Waals surface area contributed by atoms with Gasteiger partial charge in [0.05, 0.1) is 5.52 Å². The summed E-state index contributed by atoms with van der Waals surface area (Å²) in [5.74, 6) is 0. The Labute approximate surface area is 137 Å². The van der Waals surface area contributed by atoms with Crippen molar-refractivity contribution in [1.82, 2.24) is 9.71 Å². The fraction of sp³-hybridized carbons (Fsp3) is 0.133. The molecule has 0 atom stereocenters. The Morgan fingerprint density at radius 3 is 2.57 bits per heavy atom. The number of hydrogen-bond donors (Lipinski definition) is 1. The molecule has 0 saturated heterocycles. The van der Waals surface area contributed by atoms with Crippen LogP contribution in [0.2, 0.25) is 10.0 Å². The highest BCUT2D eigenvalue weighted by Gasteiger charge is 2.08. The summed E-state index contributed by atoms with van der Waals surface area (Å²) in [7, 11) is 0. The van der Waals surface area contributed by atoms with Crippen LogP contribution in [-0.4, -0.2) is 16.3 Å². The van der Waals surface area contributed by atoms with Crippen LogP contribution in [0.4, 0.5) is 0 Å². The van der Waals surface area contributed by atoms with E-state index in [4.69, 9.17) is 28.0 Å². The van der Waals surface area contributed by atoms with Crippen LogP contribution in [0.15, 0.2) is 47.6 Å². The van der Waals surface area contributed by atoms with Gasteiger partial charge >= 0.3 is 0 Å². The van der Waals surface area contributed by atoms with Crippen LogP contribution in [0.3, 0.4) is 0 Å². The molecule has 0 aliphatic carbocycles. The van der Waals surface area contributed by atoms with Crippen LogP contribution in [0.5, 0.6) is 0 Å². The van der Waals surface area contributed by atoms with E-state index in [1.54, 1.807) is 10.8 Å². The maximum absolute atomic E-state index is 5.98. The lowest BCUT2D eigenvalue weighted by Gasteiger charge is -2.09. The van der Waals surface area contributed by atoms with Gasteiger partial charge in [0, 0.05) is 16.5 Å².